The zero-order chi connectivity index (χ0) is 18.8. The van der Waals surface area contributed by atoms with Crippen LogP contribution < -0.4 is 19.5 Å². The number of ether oxygens (including phenoxy) is 3. The minimum atomic E-state index is 0.00550. The highest BCUT2D eigenvalue weighted by Gasteiger charge is 2.08. The summed E-state index contributed by atoms with van der Waals surface area (Å²) in [5, 5.41) is 2.91. The molecule has 1 amide bonds. The lowest BCUT2D eigenvalue weighted by Gasteiger charge is -2.11. The minimum absolute atomic E-state index is 0.00550. The Hall–Kier alpha value is -2.69. The smallest absolute Gasteiger partial charge is 0.224 e. The quantitative estimate of drug-likeness (QED) is 0.638. The SMILES string of the molecule is CCOc1ccc(NC(=O)CCCCc2ccc(OC)cc2)cc1OC. The van der Waals surface area contributed by atoms with E-state index >= 15 is 0 Å². The summed E-state index contributed by atoms with van der Waals surface area (Å²) in [6, 6.07) is 13.4. The summed E-state index contributed by atoms with van der Waals surface area (Å²) in [4.78, 5) is 12.1. The highest BCUT2D eigenvalue weighted by molar-refractivity contribution is 5.91. The van der Waals surface area contributed by atoms with E-state index in [4.69, 9.17) is 14.2 Å². The van der Waals surface area contributed by atoms with Gasteiger partial charge in [-0.05, 0) is 56.0 Å². The number of aryl methyl sites for hydroxylation is 1. The van der Waals surface area contributed by atoms with Crippen molar-refractivity contribution in [1.29, 1.82) is 0 Å². The standard InChI is InChI=1S/C21H27NO4/c1-4-26-19-14-11-17(15-20(19)25-3)22-21(23)8-6-5-7-16-9-12-18(24-2)13-10-16/h9-15H,4-8H2,1-3H3,(H,22,23). The topological polar surface area (TPSA) is 56.8 Å². The van der Waals surface area contributed by atoms with Crippen molar-refractivity contribution in [2.75, 3.05) is 26.1 Å². The van der Waals surface area contributed by atoms with Crippen molar-refractivity contribution in [3.05, 3.63) is 48.0 Å². The number of carbonyl (C=O) groups excluding carboxylic acids is 1. The Balaban J connectivity index is 1.76. The maximum atomic E-state index is 12.1. The Morgan fingerprint density at radius 3 is 2.38 bits per heavy atom. The van der Waals surface area contributed by atoms with Gasteiger partial charge in [-0.3, -0.25) is 4.79 Å². The summed E-state index contributed by atoms with van der Waals surface area (Å²) >= 11 is 0. The van der Waals surface area contributed by atoms with Crippen molar-refractivity contribution >= 4 is 11.6 Å². The average molecular weight is 357 g/mol. The summed E-state index contributed by atoms with van der Waals surface area (Å²) in [6.07, 6.45) is 3.25. The molecule has 0 spiro atoms. The van der Waals surface area contributed by atoms with Crippen LogP contribution in [0.25, 0.3) is 0 Å². The van der Waals surface area contributed by atoms with Crippen molar-refractivity contribution in [3.63, 3.8) is 0 Å². The highest BCUT2D eigenvalue weighted by atomic mass is 16.5. The molecule has 0 bridgehead atoms. The molecule has 5 nitrogen and oxygen atoms in total. The molecule has 140 valence electrons. The Morgan fingerprint density at radius 2 is 1.73 bits per heavy atom. The van der Waals surface area contributed by atoms with E-state index < -0.39 is 0 Å². The molecule has 26 heavy (non-hydrogen) atoms. The monoisotopic (exact) mass is 357 g/mol. The number of carbonyl (C=O) groups is 1. The molecule has 0 radical (unpaired) electrons. The van der Waals surface area contributed by atoms with Gasteiger partial charge in [0, 0.05) is 18.2 Å². The summed E-state index contributed by atoms with van der Waals surface area (Å²) in [5.41, 5.74) is 1.97. The van der Waals surface area contributed by atoms with Crippen molar-refractivity contribution in [3.8, 4) is 17.2 Å². The summed E-state index contributed by atoms with van der Waals surface area (Å²) < 4.78 is 15.9. The number of hydrogen-bond acceptors (Lipinski definition) is 4. The van der Waals surface area contributed by atoms with Crippen molar-refractivity contribution in [2.24, 2.45) is 0 Å². The number of benzene rings is 2. The minimum Gasteiger partial charge on any atom is -0.497 e. The van der Waals surface area contributed by atoms with Crippen LogP contribution in [0, 0.1) is 0 Å². The molecule has 0 saturated carbocycles. The van der Waals surface area contributed by atoms with Crippen LogP contribution >= 0.6 is 0 Å². The molecule has 2 rings (SSSR count). The van der Waals surface area contributed by atoms with Crippen molar-refractivity contribution in [2.45, 2.75) is 32.6 Å². The van der Waals surface area contributed by atoms with Crippen LogP contribution in [0.4, 0.5) is 5.69 Å². The van der Waals surface area contributed by atoms with Crippen LogP contribution in [0.2, 0.25) is 0 Å². The Labute approximate surface area is 155 Å². The Morgan fingerprint density at radius 1 is 0.962 bits per heavy atom. The molecule has 0 unspecified atom stereocenters. The van der Waals surface area contributed by atoms with Crippen molar-refractivity contribution < 1.29 is 19.0 Å². The first-order valence-electron chi connectivity index (χ1n) is 8.90. The van der Waals surface area contributed by atoms with Gasteiger partial charge in [-0.15, -0.1) is 0 Å². The molecule has 0 saturated heterocycles. The fourth-order valence-corrected chi connectivity index (χ4v) is 2.65. The summed E-state index contributed by atoms with van der Waals surface area (Å²) in [6.45, 7) is 2.48. The lowest BCUT2D eigenvalue weighted by molar-refractivity contribution is -0.116. The fraction of sp³-hybridized carbons (Fsp3) is 0.381. The molecule has 0 fully saturated rings. The fourth-order valence-electron chi connectivity index (χ4n) is 2.65. The first kappa shape index (κ1) is 19.6. The van der Waals surface area contributed by atoms with Gasteiger partial charge in [0.15, 0.2) is 11.5 Å². The summed E-state index contributed by atoms with van der Waals surface area (Å²) in [5.74, 6) is 2.15. The number of amides is 1. The molecule has 5 heteroatoms. The van der Waals surface area contributed by atoms with E-state index in [0.29, 0.717) is 30.2 Å². The van der Waals surface area contributed by atoms with E-state index in [1.807, 2.05) is 31.2 Å². The Kier molecular flexibility index (Phi) is 7.80. The largest absolute Gasteiger partial charge is 0.497 e. The van der Waals surface area contributed by atoms with Gasteiger partial charge in [-0.25, -0.2) is 0 Å². The third-order valence-electron chi connectivity index (χ3n) is 4.03. The molecular formula is C21H27NO4. The van der Waals surface area contributed by atoms with E-state index in [-0.39, 0.29) is 5.91 Å². The molecule has 2 aromatic rings. The second kappa shape index (κ2) is 10.3. The normalized spacial score (nSPS) is 10.3. The maximum absolute atomic E-state index is 12.1. The lowest BCUT2D eigenvalue weighted by Crippen LogP contribution is -2.11. The lowest BCUT2D eigenvalue weighted by atomic mass is 10.1. The molecule has 0 heterocycles. The third kappa shape index (κ3) is 5.99. The van der Waals surface area contributed by atoms with E-state index in [2.05, 4.69) is 17.4 Å². The highest BCUT2D eigenvalue weighted by Crippen LogP contribution is 2.30. The number of methoxy groups -OCH3 is 2. The molecule has 0 atom stereocenters. The second-order valence-electron chi connectivity index (χ2n) is 5.90. The van der Waals surface area contributed by atoms with Gasteiger partial charge >= 0.3 is 0 Å². The van der Waals surface area contributed by atoms with Crippen LogP contribution in [-0.2, 0) is 11.2 Å². The predicted octanol–water partition coefficient (Wildman–Crippen LogP) is 4.45. The van der Waals surface area contributed by atoms with Gasteiger partial charge in [0.1, 0.15) is 5.75 Å². The average Bonchev–Trinajstić information content (AvgIpc) is 2.67. The predicted molar refractivity (Wildman–Crippen MR) is 103 cm³/mol. The van der Waals surface area contributed by atoms with Gasteiger partial charge in [0.25, 0.3) is 0 Å². The van der Waals surface area contributed by atoms with Crippen LogP contribution in [-0.4, -0.2) is 26.7 Å². The number of unbranched alkanes of at least 4 members (excludes halogenated alkanes) is 1. The molecule has 0 aromatic heterocycles. The van der Waals surface area contributed by atoms with Gasteiger partial charge in [-0.2, -0.15) is 0 Å². The van der Waals surface area contributed by atoms with Gasteiger partial charge in [-0.1, -0.05) is 12.1 Å². The number of anilines is 1. The zero-order valence-electron chi connectivity index (χ0n) is 15.7. The molecule has 0 aliphatic heterocycles. The maximum Gasteiger partial charge on any atom is 0.224 e. The summed E-state index contributed by atoms with van der Waals surface area (Å²) in [7, 11) is 3.25. The molecule has 1 N–H and O–H groups in total. The van der Waals surface area contributed by atoms with Crippen molar-refractivity contribution in [1.82, 2.24) is 0 Å². The van der Waals surface area contributed by atoms with Gasteiger partial charge in [0.2, 0.25) is 5.91 Å². The molecule has 2 aromatic carbocycles. The van der Waals surface area contributed by atoms with Gasteiger partial charge < -0.3 is 19.5 Å². The van der Waals surface area contributed by atoms with E-state index in [1.54, 1.807) is 20.3 Å². The molecular weight excluding hydrogens is 330 g/mol. The number of rotatable bonds is 10. The van der Waals surface area contributed by atoms with E-state index in [9.17, 15) is 4.79 Å². The number of hydrogen-bond donors (Lipinski definition) is 1. The van der Waals surface area contributed by atoms with Crippen LogP contribution in [0.5, 0.6) is 17.2 Å². The zero-order valence-corrected chi connectivity index (χ0v) is 15.7. The molecule has 0 aliphatic rings. The molecule has 0 aliphatic carbocycles. The van der Waals surface area contributed by atoms with Crippen LogP contribution in [0.3, 0.4) is 0 Å². The number of nitrogens with one attached hydrogen (secondary N) is 1. The first-order valence-corrected chi connectivity index (χ1v) is 8.90. The third-order valence-corrected chi connectivity index (χ3v) is 4.03. The van der Waals surface area contributed by atoms with Crippen LogP contribution in [0.15, 0.2) is 42.5 Å². The first-order chi connectivity index (χ1) is 12.7. The van der Waals surface area contributed by atoms with E-state index in [0.717, 1.165) is 25.0 Å². The second-order valence-corrected chi connectivity index (χ2v) is 5.90. The van der Waals surface area contributed by atoms with Gasteiger partial charge in [0.05, 0.1) is 20.8 Å². The van der Waals surface area contributed by atoms with Crippen LogP contribution in [0.1, 0.15) is 31.7 Å². The van der Waals surface area contributed by atoms with E-state index in [1.165, 1.54) is 5.56 Å². The Bertz CT molecular complexity index is 698.